The molecule has 0 radical (unpaired) electrons. The van der Waals surface area contributed by atoms with E-state index in [0.717, 1.165) is 27.2 Å². The molecule has 0 fully saturated rings. The predicted molar refractivity (Wildman–Crippen MR) is 112 cm³/mol. The first-order valence-corrected chi connectivity index (χ1v) is 9.87. The summed E-state index contributed by atoms with van der Waals surface area (Å²) in [6, 6.07) is 19.8. The van der Waals surface area contributed by atoms with Crippen LogP contribution in [0.1, 0.15) is 26.5 Å². The molecule has 0 aliphatic carbocycles. The molecule has 4 rings (SSSR count). The number of nitrogens with zero attached hydrogens (tertiary/aromatic N) is 2. The number of carbonyl (C=O) groups is 1. The highest BCUT2D eigenvalue weighted by atomic mass is 32.1. The van der Waals surface area contributed by atoms with Crippen LogP contribution in [0.4, 0.5) is 0 Å². The van der Waals surface area contributed by atoms with Gasteiger partial charge in [0.05, 0.1) is 24.2 Å². The molecule has 0 aliphatic rings. The molecular formula is C22H21N3O2S. The van der Waals surface area contributed by atoms with Gasteiger partial charge in [-0.3, -0.25) is 9.48 Å². The van der Waals surface area contributed by atoms with Gasteiger partial charge in [0.1, 0.15) is 10.6 Å². The largest absolute Gasteiger partial charge is 0.497 e. The maximum atomic E-state index is 12.7. The van der Waals surface area contributed by atoms with Gasteiger partial charge in [-0.1, -0.05) is 42.5 Å². The summed E-state index contributed by atoms with van der Waals surface area (Å²) in [7, 11) is 1.63. The van der Waals surface area contributed by atoms with Crippen molar-refractivity contribution < 1.29 is 9.53 Å². The number of aromatic nitrogens is 2. The Morgan fingerprint density at radius 2 is 1.89 bits per heavy atom. The second kappa shape index (κ2) is 7.86. The third kappa shape index (κ3) is 3.77. The summed E-state index contributed by atoms with van der Waals surface area (Å²) < 4.78 is 7.21. The third-order valence-corrected chi connectivity index (χ3v) is 5.74. The summed E-state index contributed by atoms with van der Waals surface area (Å²) in [5, 5.41) is 8.67. The molecule has 0 aliphatic heterocycles. The Balaban J connectivity index is 1.52. The second-order valence-corrected chi connectivity index (χ2v) is 7.62. The summed E-state index contributed by atoms with van der Waals surface area (Å²) in [5.74, 6) is 0.708. The zero-order chi connectivity index (χ0) is 19.5. The van der Waals surface area contributed by atoms with Crippen molar-refractivity contribution in [3.8, 4) is 5.75 Å². The highest BCUT2D eigenvalue weighted by Gasteiger charge is 2.16. The van der Waals surface area contributed by atoms with Crippen LogP contribution in [0, 0.1) is 6.92 Å². The number of amides is 1. The van der Waals surface area contributed by atoms with Crippen molar-refractivity contribution >= 4 is 27.5 Å². The standard InChI is InChI=1S/C22H21N3O2S/c1-15-19-12-20(21(26)23-13-17-9-6-10-18(11-17)27-2)28-22(19)25(24-15)14-16-7-4-3-5-8-16/h3-12H,13-14H2,1-2H3,(H,23,26). The van der Waals surface area contributed by atoms with Gasteiger partial charge >= 0.3 is 0 Å². The van der Waals surface area contributed by atoms with Gasteiger partial charge in [0, 0.05) is 11.9 Å². The molecule has 4 aromatic rings. The van der Waals surface area contributed by atoms with E-state index in [1.807, 2.05) is 60.1 Å². The molecule has 0 spiro atoms. The Hall–Kier alpha value is -3.12. The summed E-state index contributed by atoms with van der Waals surface area (Å²) in [4.78, 5) is 14.4. The molecule has 28 heavy (non-hydrogen) atoms. The topological polar surface area (TPSA) is 56.1 Å². The van der Waals surface area contributed by atoms with E-state index in [1.165, 1.54) is 16.9 Å². The lowest BCUT2D eigenvalue weighted by Gasteiger charge is -2.06. The van der Waals surface area contributed by atoms with Crippen molar-refractivity contribution in [1.82, 2.24) is 15.1 Å². The lowest BCUT2D eigenvalue weighted by molar-refractivity contribution is 0.0955. The molecule has 2 aromatic carbocycles. The molecule has 2 heterocycles. The van der Waals surface area contributed by atoms with Crippen LogP contribution in [0.2, 0.25) is 0 Å². The van der Waals surface area contributed by atoms with Gasteiger partial charge in [0.15, 0.2) is 0 Å². The molecule has 1 amide bonds. The summed E-state index contributed by atoms with van der Waals surface area (Å²) >= 11 is 1.48. The number of rotatable bonds is 6. The van der Waals surface area contributed by atoms with Gasteiger partial charge < -0.3 is 10.1 Å². The van der Waals surface area contributed by atoms with Crippen LogP contribution in [-0.2, 0) is 13.1 Å². The lowest BCUT2D eigenvalue weighted by Crippen LogP contribution is -2.21. The zero-order valence-corrected chi connectivity index (χ0v) is 16.6. The molecule has 1 N–H and O–H groups in total. The quantitative estimate of drug-likeness (QED) is 0.530. The smallest absolute Gasteiger partial charge is 0.261 e. The number of hydrogen-bond donors (Lipinski definition) is 1. The van der Waals surface area contributed by atoms with Crippen LogP contribution in [0.3, 0.4) is 0 Å². The zero-order valence-electron chi connectivity index (χ0n) is 15.8. The van der Waals surface area contributed by atoms with E-state index in [9.17, 15) is 4.79 Å². The Kier molecular flexibility index (Phi) is 5.12. The van der Waals surface area contributed by atoms with Crippen molar-refractivity contribution in [2.24, 2.45) is 0 Å². The van der Waals surface area contributed by atoms with E-state index in [1.54, 1.807) is 7.11 Å². The molecule has 5 nitrogen and oxygen atoms in total. The average molecular weight is 391 g/mol. The highest BCUT2D eigenvalue weighted by molar-refractivity contribution is 7.20. The van der Waals surface area contributed by atoms with Crippen molar-refractivity contribution in [1.29, 1.82) is 0 Å². The van der Waals surface area contributed by atoms with Gasteiger partial charge in [-0.2, -0.15) is 5.10 Å². The first-order chi connectivity index (χ1) is 13.6. The number of ether oxygens (including phenoxy) is 1. The molecule has 142 valence electrons. The average Bonchev–Trinajstić information content (AvgIpc) is 3.29. The third-order valence-electron chi connectivity index (χ3n) is 4.59. The van der Waals surface area contributed by atoms with Crippen LogP contribution in [-0.4, -0.2) is 22.8 Å². The fourth-order valence-electron chi connectivity index (χ4n) is 3.14. The minimum atomic E-state index is -0.0744. The van der Waals surface area contributed by atoms with Crippen LogP contribution in [0.15, 0.2) is 60.7 Å². The molecular weight excluding hydrogens is 370 g/mol. The van der Waals surface area contributed by atoms with E-state index in [0.29, 0.717) is 18.0 Å². The fourth-order valence-corrected chi connectivity index (χ4v) is 4.22. The summed E-state index contributed by atoms with van der Waals surface area (Å²) in [6.07, 6.45) is 0. The number of aryl methyl sites for hydroxylation is 1. The van der Waals surface area contributed by atoms with Gasteiger partial charge in [0.25, 0.3) is 5.91 Å². The predicted octanol–water partition coefficient (Wildman–Crippen LogP) is 4.39. The molecule has 2 aromatic heterocycles. The van der Waals surface area contributed by atoms with Crippen LogP contribution >= 0.6 is 11.3 Å². The first-order valence-electron chi connectivity index (χ1n) is 9.06. The maximum absolute atomic E-state index is 12.7. The summed E-state index contributed by atoms with van der Waals surface area (Å²) in [6.45, 7) is 3.13. The molecule has 0 atom stereocenters. The number of hydrogen-bond acceptors (Lipinski definition) is 4. The SMILES string of the molecule is COc1cccc(CNC(=O)c2cc3c(C)nn(Cc4ccccc4)c3s2)c1. The molecule has 0 saturated heterocycles. The van der Waals surface area contributed by atoms with Crippen molar-refractivity contribution in [2.75, 3.05) is 7.11 Å². The van der Waals surface area contributed by atoms with Crippen molar-refractivity contribution in [3.63, 3.8) is 0 Å². The molecule has 6 heteroatoms. The molecule has 0 unspecified atom stereocenters. The minimum absolute atomic E-state index is 0.0744. The van der Waals surface area contributed by atoms with E-state index in [-0.39, 0.29) is 5.91 Å². The Bertz CT molecular complexity index is 1120. The van der Waals surface area contributed by atoms with Crippen molar-refractivity contribution in [2.45, 2.75) is 20.0 Å². The van der Waals surface area contributed by atoms with Gasteiger partial charge in [0.2, 0.25) is 0 Å². The second-order valence-electron chi connectivity index (χ2n) is 6.59. The highest BCUT2D eigenvalue weighted by Crippen LogP contribution is 2.29. The normalized spacial score (nSPS) is 10.9. The Morgan fingerprint density at radius 3 is 2.68 bits per heavy atom. The van der Waals surface area contributed by atoms with E-state index < -0.39 is 0 Å². The van der Waals surface area contributed by atoms with Crippen LogP contribution in [0.5, 0.6) is 5.75 Å². The number of thiophene rings is 1. The van der Waals surface area contributed by atoms with Crippen LogP contribution in [0.25, 0.3) is 10.2 Å². The Morgan fingerprint density at radius 1 is 1.11 bits per heavy atom. The van der Waals surface area contributed by atoms with Gasteiger partial charge in [-0.15, -0.1) is 11.3 Å². The number of carbonyl (C=O) groups excluding carboxylic acids is 1. The summed E-state index contributed by atoms with van der Waals surface area (Å²) in [5.41, 5.74) is 3.12. The number of fused-ring (bicyclic) bond motifs is 1. The lowest BCUT2D eigenvalue weighted by atomic mass is 10.2. The van der Waals surface area contributed by atoms with E-state index >= 15 is 0 Å². The maximum Gasteiger partial charge on any atom is 0.261 e. The monoisotopic (exact) mass is 391 g/mol. The Labute approximate surface area is 167 Å². The number of methoxy groups -OCH3 is 1. The van der Waals surface area contributed by atoms with Gasteiger partial charge in [-0.25, -0.2) is 0 Å². The number of benzene rings is 2. The minimum Gasteiger partial charge on any atom is -0.497 e. The fraction of sp³-hybridized carbons (Fsp3) is 0.182. The van der Waals surface area contributed by atoms with E-state index in [2.05, 4.69) is 22.5 Å². The van der Waals surface area contributed by atoms with Crippen LogP contribution < -0.4 is 10.1 Å². The van der Waals surface area contributed by atoms with Gasteiger partial charge in [-0.05, 0) is 36.2 Å². The van der Waals surface area contributed by atoms with E-state index in [4.69, 9.17) is 4.74 Å². The molecule has 0 bridgehead atoms. The number of nitrogens with one attached hydrogen (secondary N) is 1. The molecule has 0 saturated carbocycles. The first kappa shape index (κ1) is 18.3. The van der Waals surface area contributed by atoms with Crippen molar-refractivity contribution in [3.05, 3.63) is 82.4 Å².